The summed E-state index contributed by atoms with van der Waals surface area (Å²) >= 11 is 0. The molecule has 3 rings (SSSR count). The first-order valence-corrected chi connectivity index (χ1v) is 10.5. The third-order valence-electron chi connectivity index (χ3n) is 6.05. The molecular formula is C20H33N5O3. The summed E-state index contributed by atoms with van der Waals surface area (Å²) < 4.78 is 2.83. The summed E-state index contributed by atoms with van der Waals surface area (Å²) in [5, 5.41) is 0. The maximum Gasteiger partial charge on any atom is 0.332 e. The Morgan fingerprint density at radius 1 is 1.11 bits per heavy atom. The topological polar surface area (TPSA) is 70.8 Å². The molecule has 0 radical (unpaired) electrons. The van der Waals surface area contributed by atoms with Crippen LogP contribution in [0.15, 0.2) is 15.7 Å². The third kappa shape index (κ3) is 4.16. The molecule has 1 aromatic rings. The van der Waals surface area contributed by atoms with Gasteiger partial charge in [-0.2, -0.15) is 0 Å². The fraction of sp³-hybridized carbons (Fsp3) is 0.750. The Kier molecular flexibility index (Phi) is 6.59. The van der Waals surface area contributed by atoms with E-state index in [0.717, 1.165) is 63.1 Å². The number of aromatic nitrogens is 2. The van der Waals surface area contributed by atoms with E-state index in [4.69, 9.17) is 0 Å². The molecular weight excluding hydrogens is 358 g/mol. The van der Waals surface area contributed by atoms with Gasteiger partial charge in [-0.3, -0.25) is 18.7 Å². The molecule has 1 amide bonds. The molecule has 2 fully saturated rings. The zero-order valence-electron chi connectivity index (χ0n) is 17.4. The first kappa shape index (κ1) is 20.6. The van der Waals surface area contributed by atoms with Gasteiger partial charge in [0.1, 0.15) is 5.82 Å². The van der Waals surface area contributed by atoms with E-state index < -0.39 is 0 Å². The van der Waals surface area contributed by atoms with E-state index in [1.165, 1.54) is 7.05 Å². The van der Waals surface area contributed by atoms with Crippen molar-refractivity contribution in [3.8, 4) is 0 Å². The number of rotatable bonds is 5. The Hall–Kier alpha value is -2.09. The van der Waals surface area contributed by atoms with Crippen molar-refractivity contribution >= 4 is 11.7 Å². The van der Waals surface area contributed by atoms with Gasteiger partial charge in [0, 0.05) is 58.9 Å². The quantitative estimate of drug-likeness (QED) is 0.724. The minimum absolute atomic E-state index is 0.0730. The predicted octanol–water partition coefficient (Wildman–Crippen LogP) is 0.338. The zero-order valence-corrected chi connectivity index (χ0v) is 17.4. The molecule has 2 saturated heterocycles. The second kappa shape index (κ2) is 8.94. The van der Waals surface area contributed by atoms with Crippen LogP contribution in [0.5, 0.6) is 0 Å². The van der Waals surface area contributed by atoms with Crippen LogP contribution < -0.4 is 16.1 Å². The summed E-state index contributed by atoms with van der Waals surface area (Å²) in [5.74, 6) is 0.799. The Balaban J connectivity index is 1.78. The SMILES string of the molecule is CCCn1c(N2CCCC(C(=O)N3CCN(CC)CC3)C2)cc(=O)n(C)c1=O. The second-order valence-corrected chi connectivity index (χ2v) is 7.88. The summed E-state index contributed by atoms with van der Waals surface area (Å²) in [6.45, 7) is 10.5. The van der Waals surface area contributed by atoms with Gasteiger partial charge < -0.3 is 14.7 Å². The fourth-order valence-electron chi connectivity index (χ4n) is 4.28. The number of amides is 1. The van der Waals surface area contributed by atoms with Crippen molar-refractivity contribution in [1.29, 1.82) is 0 Å². The van der Waals surface area contributed by atoms with E-state index in [1.807, 2.05) is 11.8 Å². The number of hydrogen-bond donors (Lipinski definition) is 0. The number of piperazine rings is 1. The molecule has 156 valence electrons. The highest BCUT2D eigenvalue weighted by Crippen LogP contribution is 2.24. The van der Waals surface area contributed by atoms with Crippen LogP contribution in [0.1, 0.15) is 33.1 Å². The highest BCUT2D eigenvalue weighted by molar-refractivity contribution is 5.80. The Labute approximate surface area is 166 Å². The lowest BCUT2D eigenvalue weighted by Gasteiger charge is -2.39. The Morgan fingerprint density at radius 2 is 1.82 bits per heavy atom. The molecule has 0 N–H and O–H groups in total. The number of carbonyl (C=O) groups excluding carboxylic acids is 1. The number of anilines is 1. The molecule has 8 heteroatoms. The van der Waals surface area contributed by atoms with Crippen LogP contribution in [0.3, 0.4) is 0 Å². The Bertz CT molecular complexity index is 807. The summed E-state index contributed by atoms with van der Waals surface area (Å²) in [4.78, 5) is 44.3. The Morgan fingerprint density at radius 3 is 2.46 bits per heavy atom. The second-order valence-electron chi connectivity index (χ2n) is 7.88. The van der Waals surface area contributed by atoms with Gasteiger partial charge in [0.05, 0.1) is 5.92 Å². The van der Waals surface area contributed by atoms with E-state index in [-0.39, 0.29) is 23.1 Å². The highest BCUT2D eigenvalue weighted by atomic mass is 16.2. The average molecular weight is 392 g/mol. The molecule has 0 aromatic carbocycles. The van der Waals surface area contributed by atoms with Crippen LogP contribution in [-0.2, 0) is 18.4 Å². The molecule has 1 unspecified atom stereocenters. The monoisotopic (exact) mass is 391 g/mol. The van der Waals surface area contributed by atoms with E-state index in [1.54, 1.807) is 10.6 Å². The maximum absolute atomic E-state index is 13.1. The van der Waals surface area contributed by atoms with Crippen LogP contribution in [0.25, 0.3) is 0 Å². The molecule has 3 heterocycles. The minimum Gasteiger partial charge on any atom is -0.357 e. The molecule has 2 aliphatic rings. The molecule has 0 saturated carbocycles. The molecule has 0 spiro atoms. The number of likely N-dealkylation sites (N-methyl/N-ethyl adjacent to an activating group) is 1. The van der Waals surface area contributed by atoms with Gasteiger partial charge in [0.25, 0.3) is 5.56 Å². The van der Waals surface area contributed by atoms with Crippen molar-refractivity contribution < 1.29 is 4.79 Å². The van der Waals surface area contributed by atoms with E-state index in [9.17, 15) is 14.4 Å². The molecule has 0 aliphatic carbocycles. The van der Waals surface area contributed by atoms with Gasteiger partial charge in [-0.15, -0.1) is 0 Å². The largest absolute Gasteiger partial charge is 0.357 e. The zero-order chi connectivity index (χ0) is 20.3. The van der Waals surface area contributed by atoms with Crippen molar-refractivity contribution in [2.24, 2.45) is 13.0 Å². The normalized spacial score (nSPS) is 21.2. The number of carbonyl (C=O) groups is 1. The lowest BCUT2D eigenvalue weighted by molar-refractivity contribution is -0.137. The molecule has 0 bridgehead atoms. The summed E-state index contributed by atoms with van der Waals surface area (Å²) in [5.41, 5.74) is -0.579. The third-order valence-corrected chi connectivity index (χ3v) is 6.05. The van der Waals surface area contributed by atoms with E-state index in [2.05, 4.69) is 16.7 Å². The first-order chi connectivity index (χ1) is 13.5. The van der Waals surface area contributed by atoms with Crippen LogP contribution in [0.2, 0.25) is 0 Å². The summed E-state index contributed by atoms with van der Waals surface area (Å²) in [6.07, 6.45) is 2.57. The van der Waals surface area contributed by atoms with Crippen molar-refractivity contribution in [3.05, 3.63) is 26.9 Å². The minimum atomic E-state index is -0.295. The van der Waals surface area contributed by atoms with Gasteiger partial charge in [-0.05, 0) is 25.8 Å². The van der Waals surface area contributed by atoms with Crippen LogP contribution in [-0.4, -0.2) is 70.7 Å². The van der Waals surface area contributed by atoms with Gasteiger partial charge in [-0.25, -0.2) is 4.79 Å². The summed E-state index contributed by atoms with van der Waals surface area (Å²) in [6, 6.07) is 1.55. The molecule has 1 aromatic heterocycles. The average Bonchev–Trinajstić information content (AvgIpc) is 2.73. The van der Waals surface area contributed by atoms with E-state index in [0.29, 0.717) is 18.9 Å². The standard InChI is InChI=1S/C20H33N5O3/c1-4-8-25-17(14-18(26)21(3)20(25)28)24-9-6-7-16(15-24)19(27)23-12-10-22(5-2)11-13-23/h14,16H,4-13,15H2,1-3H3. The van der Waals surface area contributed by atoms with Crippen molar-refractivity contribution in [3.63, 3.8) is 0 Å². The van der Waals surface area contributed by atoms with Crippen molar-refractivity contribution in [2.45, 2.75) is 39.7 Å². The summed E-state index contributed by atoms with van der Waals surface area (Å²) in [7, 11) is 1.51. The van der Waals surface area contributed by atoms with Crippen molar-refractivity contribution in [1.82, 2.24) is 18.9 Å². The fourth-order valence-corrected chi connectivity index (χ4v) is 4.28. The van der Waals surface area contributed by atoms with Crippen molar-refractivity contribution in [2.75, 3.05) is 50.7 Å². The maximum atomic E-state index is 13.1. The molecule has 2 aliphatic heterocycles. The van der Waals surface area contributed by atoms with Crippen LogP contribution >= 0.6 is 0 Å². The van der Waals surface area contributed by atoms with Crippen LogP contribution in [0.4, 0.5) is 5.82 Å². The smallest absolute Gasteiger partial charge is 0.332 e. The molecule has 1 atom stereocenters. The van der Waals surface area contributed by atoms with Gasteiger partial charge in [-0.1, -0.05) is 13.8 Å². The molecule has 28 heavy (non-hydrogen) atoms. The lowest BCUT2D eigenvalue weighted by Crippen LogP contribution is -2.53. The van der Waals surface area contributed by atoms with Gasteiger partial charge in [0.15, 0.2) is 0 Å². The van der Waals surface area contributed by atoms with Gasteiger partial charge >= 0.3 is 5.69 Å². The number of piperidine rings is 1. The lowest BCUT2D eigenvalue weighted by atomic mass is 9.96. The highest BCUT2D eigenvalue weighted by Gasteiger charge is 2.32. The van der Waals surface area contributed by atoms with E-state index >= 15 is 0 Å². The van der Waals surface area contributed by atoms with Gasteiger partial charge in [0.2, 0.25) is 5.91 Å². The molecule has 8 nitrogen and oxygen atoms in total. The predicted molar refractivity (Wildman–Crippen MR) is 110 cm³/mol. The van der Waals surface area contributed by atoms with Crippen LogP contribution in [0, 0.1) is 5.92 Å². The first-order valence-electron chi connectivity index (χ1n) is 10.5. The number of hydrogen-bond acceptors (Lipinski definition) is 5. The number of nitrogens with zero attached hydrogens (tertiary/aromatic N) is 5.